The Morgan fingerprint density at radius 2 is 1.83 bits per heavy atom. The first kappa shape index (κ1) is 29.6. The van der Waals surface area contributed by atoms with Crippen molar-refractivity contribution in [2.45, 2.75) is 62.1 Å². The van der Waals surface area contributed by atoms with E-state index in [4.69, 9.17) is 27.9 Å². The van der Waals surface area contributed by atoms with Gasteiger partial charge in [-0.05, 0) is 66.8 Å². The first-order chi connectivity index (χ1) is 19.7. The molecule has 0 radical (unpaired) electrons. The standard InChI is InChI=1S/C31H33Cl2N3O4S/c1-3-8-27-31(37)36(25(4-2)20-35(28-11-5-6-18-34-28)41(38,39)26-16-17-26)29(21-12-14-23(32)15-13-21)30(40-27)22-9-7-10-24(33)19-22/h3,5-7,9-15,18-19,25-27,29-30H,1,4,8,16-17,20H2,2H3/t25?,27-,29?,30+/m0/s1. The van der Waals surface area contributed by atoms with Crippen LogP contribution < -0.4 is 4.31 Å². The van der Waals surface area contributed by atoms with E-state index in [0.717, 1.165) is 11.1 Å². The second-order valence-electron chi connectivity index (χ2n) is 10.4. The molecule has 3 aromatic rings. The number of sulfonamides is 1. The number of amides is 1. The highest BCUT2D eigenvalue weighted by Gasteiger charge is 2.48. The topological polar surface area (TPSA) is 79.8 Å². The largest absolute Gasteiger partial charge is 0.358 e. The Kier molecular flexibility index (Phi) is 9.04. The van der Waals surface area contributed by atoms with Gasteiger partial charge in [0.25, 0.3) is 5.91 Å². The van der Waals surface area contributed by atoms with E-state index in [1.165, 1.54) is 4.31 Å². The first-order valence-electron chi connectivity index (χ1n) is 13.8. The molecular weight excluding hydrogens is 581 g/mol. The van der Waals surface area contributed by atoms with Crippen LogP contribution in [0, 0.1) is 0 Å². The average Bonchev–Trinajstić information content (AvgIpc) is 3.83. The van der Waals surface area contributed by atoms with Gasteiger partial charge in [0.15, 0.2) is 0 Å². The molecule has 7 nitrogen and oxygen atoms in total. The lowest BCUT2D eigenvalue weighted by atomic mass is 9.89. The van der Waals surface area contributed by atoms with Crippen molar-refractivity contribution < 1.29 is 17.9 Å². The van der Waals surface area contributed by atoms with Gasteiger partial charge in [-0.15, -0.1) is 6.58 Å². The maximum atomic E-state index is 14.2. The summed E-state index contributed by atoms with van der Waals surface area (Å²) in [5.74, 6) is 0.121. The Hall–Kier alpha value is -2.91. The monoisotopic (exact) mass is 613 g/mol. The molecule has 4 atom stereocenters. The lowest BCUT2D eigenvalue weighted by Gasteiger charge is -2.48. The Labute approximate surface area is 251 Å². The molecular formula is C31H33Cl2N3O4S. The molecule has 0 N–H and O–H groups in total. The molecule has 216 valence electrons. The van der Waals surface area contributed by atoms with Crippen LogP contribution >= 0.6 is 23.2 Å². The van der Waals surface area contributed by atoms with E-state index < -0.39 is 39.6 Å². The van der Waals surface area contributed by atoms with Crippen LogP contribution in [0.1, 0.15) is 55.9 Å². The summed E-state index contributed by atoms with van der Waals surface area (Å²) in [6.45, 7) is 5.87. The highest BCUT2D eigenvalue weighted by molar-refractivity contribution is 7.93. The summed E-state index contributed by atoms with van der Waals surface area (Å²) in [4.78, 5) is 20.4. The molecule has 1 aromatic heterocycles. The zero-order valence-corrected chi connectivity index (χ0v) is 25.1. The van der Waals surface area contributed by atoms with Crippen LogP contribution in [-0.4, -0.2) is 48.1 Å². The fraction of sp³-hybridized carbons (Fsp3) is 0.355. The van der Waals surface area contributed by atoms with E-state index in [1.54, 1.807) is 48.7 Å². The van der Waals surface area contributed by atoms with Gasteiger partial charge in [0.1, 0.15) is 18.0 Å². The molecule has 1 amide bonds. The van der Waals surface area contributed by atoms with Gasteiger partial charge >= 0.3 is 0 Å². The number of rotatable bonds is 11. The third kappa shape index (κ3) is 6.31. The van der Waals surface area contributed by atoms with E-state index in [9.17, 15) is 13.2 Å². The number of aromatic nitrogens is 1. The molecule has 1 saturated carbocycles. The number of anilines is 1. The van der Waals surface area contributed by atoms with Crippen molar-refractivity contribution in [2.75, 3.05) is 10.8 Å². The van der Waals surface area contributed by atoms with Crippen molar-refractivity contribution in [3.63, 3.8) is 0 Å². The van der Waals surface area contributed by atoms with Crippen LogP contribution in [0.5, 0.6) is 0 Å². The van der Waals surface area contributed by atoms with Crippen molar-refractivity contribution in [2.24, 2.45) is 0 Å². The molecule has 1 aliphatic heterocycles. The van der Waals surface area contributed by atoms with Crippen LogP contribution in [0.2, 0.25) is 10.0 Å². The zero-order valence-electron chi connectivity index (χ0n) is 22.8. The molecule has 0 bridgehead atoms. The molecule has 2 fully saturated rings. The maximum Gasteiger partial charge on any atom is 0.252 e. The van der Waals surface area contributed by atoms with Crippen molar-refractivity contribution in [1.29, 1.82) is 0 Å². The number of halogens is 2. The summed E-state index contributed by atoms with van der Waals surface area (Å²) < 4.78 is 35.3. The van der Waals surface area contributed by atoms with E-state index in [2.05, 4.69) is 11.6 Å². The van der Waals surface area contributed by atoms with Gasteiger partial charge in [-0.2, -0.15) is 0 Å². The fourth-order valence-corrected chi connectivity index (χ4v) is 7.56. The minimum atomic E-state index is -3.67. The third-order valence-corrected chi connectivity index (χ3v) is 10.3. The highest BCUT2D eigenvalue weighted by Crippen LogP contribution is 2.45. The van der Waals surface area contributed by atoms with Crippen LogP contribution in [0.4, 0.5) is 5.82 Å². The number of carbonyl (C=O) groups is 1. The number of hydrogen-bond donors (Lipinski definition) is 0. The van der Waals surface area contributed by atoms with Crippen LogP contribution in [-0.2, 0) is 19.6 Å². The summed E-state index contributed by atoms with van der Waals surface area (Å²) in [6.07, 6.45) is 3.92. The number of pyridine rings is 1. The molecule has 2 unspecified atom stereocenters. The first-order valence-corrected chi connectivity index (χ1v) is 16.0. The lowest BCUT2D eigenvalue weighted by Crippen LogP contribution is -2.57. The normalized spacial score (nSPS) is 21.9. The van der Waals surface area contributed by atoms with Crippen molar-refractivity contribution in [3.8, 4) is 0 Å². The quantitative estimate of drug-likeness (QED) is 0.223. The highest BCUT2D eigenvalue weighted by atomic mass is 35.5. The molecule has 0 spiro atoms. The summed E-state index contributed by atoms with van der Waals surface area (Å²) in [7, 11) is -3.67. The van der Waals surface area contributed by atoms with Crippen molar-refractivity contribution in [3.05, 3.63) is 107 Å². The smallest absolute Gasteiger partial charge is 0.252 e. The van der Waals surface area contributed by atoms with Gasteiger partial charge in [0.05, 0.1) is 23.9 Å². The summed E-state index contributed by atoms with van der Waals surface area (Å²) in [6, 6.07) is 18.9. The number of hydrogen-bond acceptors (Lipinski definition) is 5. The van der Waals surface area contributed by atoms with Gasteiger partial charge in [-0.25, -0.2) is 13.4 Å². The Morgan fingerprint density at radius 3 is 2.44 bits per heavy atom. The van der Waals surface area contributed by atoms with E-state index in [0.29, 0.717) is 41.5 Å². The summed E-state index contributed by atoms with van der Waals surface area (Å²) in [5.41, 5.74) is 1.63. The molecule has 1 aliphatic carbocycles. The molecule has 2 aliphatic rings. The number of nitrogens with zero attached hydrogens (tertiary/aromatic N) is 3. The minimum absolute atomic E-state index is 0.0608. The Balaban J connectivity index is 1.63. The number of benzene rings is 2. The van der Waals surface area contributed by atoms with E-state index in [-0.39, 0.29) is 12.5 Å². The minimum Gasteiger partial charge on any atom is -0.358 e. The number of morpholine rings is 1. The third-order valence-electron chi connectivity index (χ3n) is 7.60. The number of ether oxygens (including phenoxy) is 1. The van der Waals surface area contributed by atoms with Crippen LogP contribution in [0.25, 0.3) is 0 Å². The van der Waals surface area contributed by atoms with Gasteiger partial charge in [-0.3, -0.25) is 9.10 Å². The number of carbonyl (C=O) groups excluding carboxylic acids is 1. The molecule has 2 aromatic carbocycles. The predicted molar refractivity (Wildman–Crippen MR) is 163 cm³/mol. The van der Waals surface area contributed by atoms with Crippen molar-refractivity contribution >= 4 is 45.0 Å². The molecule has 41 heavy (non-hydrogen) atoms. The van der Waals surface area contributed by atoms with E-state index in [1.807, 2.05) is 42.2 Å². The van der Waals surface area contributed by atoms with Gasteiger partial charge in [0.2, 0.25) is 10.0 Å². The second kappa shape index (κ2) is 12.5. The Bertz CT molecular complexity index is 1480. The molecule has 1 saturated heterocycles. The van der Waals surface area contributed by atoms with Gasteiger partial charge in [-0.1, -0.05) is 66.5 Å². The summed E-state index contributed by atoms with van der Waals surface area (Å²) in [5, 5.41) is 0.673. The van der Waals surface area contributed by atoms with Crippen LogP contribution in [0.15, 0.2) is 85.6 Å². The molecule has 10 heteroatoms. The lowest BCUT2D eigenvalue weighted by molar-refractivity contribution is -0.178. The Morgan fingerprint density at radius 1 is 1.07 bits per heavy atom. The van der Waals surface area contributed by atoms with Gasteiger partial charge in [0, 0.05) is 22.7 Å². The molecule has 2 heterocycles. The SMILES string of the molecule is C=CC[C@@H]1O[C@H](c2cccc(Cl)c2)C(c2ccc(Cl)cc2)N(C(CC)CN(c2ccccn2)S(=O)(=O)C2CC2)C1=O. The van der Waals surface area contributed by atoms with Crippen LogP contribution in [0.3, 0.4) is 0 Å². The fourth-order valence-electron chi connectivity index (χ4n) is 5.39. The second-order valence-corrected chi connectivity index (χ2v) is 13.4. The maximum absolute atomic E-state index is 14.2. The van der Waals surface area contributed by atoms with Gasteiger partial charge < -0.3 is 9.64 Å². The summed E-state index contributed by atoms with van der Waals surface area (Å²) >= 11 is 12.6. The van der Waals surface area contributed by atoms with Crippen molar-refractivity contribution in [1.82, 2.24) is 9.88 Å². The van der Waals surface area contributed by atoms with E-state index >= 15 is 0 Å². The predicted octanol–water partition coefficient (Wildman–Crippen LogP) is 6.75. The average molecular weight is 615 g/mol. The molecule has 5 rings (SSSR count). The zero-order chi connectivity index (χ0) is 29.1.